The van der Waals surface area contributed by atoms with Crippen LogP contribution in [-0.2, 0) is 4.79 Å². The molecular formula is C9H13ClN2OS. The number of carbonyl (C=O) groups is 1. The Bertz CT molecular complexity index is 285. The van der Waals surface area contributed by atoms with Crippen molar-refractivity contribution in [3.63, 3.8) is 0 Å². The molecule has 0 N–H and O–H groups in total. The van der Waals surface area contributed by atoms with Crippen molar-refractivity contribution >= 4 is 28.8 Å². The van der Waals surface area contributed by atoms with Crippen LogP contribution >= 0.6 is 22.9 Å². The number of nitrogens with zero attached hydrogens (tertiary/aromatic N) is 2. The monoisotopic (exact) mass is 232 g/mol. The van der Waals surface area contributed by atoms with Crippen LogP contribution in [0.2, 0.25) is 0 Å². The molecule has 1 rings (SSSR count). The molecule has 78 valence electrons. The molecule has 1 aromatic heterocycles. The summed E-state index contributed by atoms with van der Waals surface area (Å²) in [5.74, 6) is -0.0633. The maximum absolute atomic E-state index is 11.8. The molecule has 5 heteroatoms. The Labute approximate surface area is 92.7 Å². The van der Waals surface area contributed by atoms with Gasteiger partial charge in [-0.25, -0.2) is 4.98 Å². The first-order chi connectivity index (χ1) is 6.70. The Morgan fingerprint density at radius 1 is 1.64 bits per heavy atom. The number of likely N-dealkylation sites (N-methyl/N-ethyl adjacent to an activating group) is 1. The van der Waals surface area contributed by atoms with Gasteiger partial charge in [0.25, 0.3) is 0 Å². The van der Waals surface area contributed by atoms with Gasteiger partial charge in [-0.15, -0.1) is 22.9 Å². The Morgan fingerprint density at radius 2 is 2.29 bits per heavy atom. The molecule has 0 aliphatic carbocycles. The summed E-state index contributed by atoms with van der Waals surface area (Å²) in [5.41, 5.74) is 0. The average molecular weight is 233 g/mol. The molecule has 0 aromatic carbocycles. The fourth-order valence-corrected chi connectivity index (χ4v) is 2.11. The number of halogens is 1. The second kappa shape index (κ2) is 5.32. The maximum Gasteiger partial charge on any atom is 0.247 e. The highest BCUT2D eigenvalue weighted by atomic mass is 35.5. The minimum atomic E-state index is -0.630. The summed E-state index contributed by atoms with van der Waals surface area (Å²) < 4.78 is 0. The van der Waals surface area contributed by atoms with E-state index in [1.807, 2.05) is 19.2 Å². The normalized spacial score (nSPS) is 12.5. The number of carbonyl (C=O) groups excluding carboxylic acids is 1. The molecule has 1 amide bonds. The predicted molar refractivity (Wildman–Crippen MR) is 58.6 cm³/mol. The average Bonchev–Trinajstić information content (AvgIpc) is 2.71. The second-order valence-electron chi connectivity index (χ2n) is 2.74. The second-order valence-corrected chi connectivity index (χ2v) is 4.11. The van der Waals surface area contributed by atoms with Crippen molar-refractivity contribution in [2.75, 3.05) is 13.1 Å². The number of alkyl halides is 1. The van der Waals surface area contributed by atoms with Crippen LogP contribution in [-0.4, -0.2) is 28.9 Å². The van der Waals surface area contributed by atoms with Crippen LogP contribution < -0.4 is 0 Å². The molecule has 3 nitrogen and oxygen atoms in total. The molecule has 1 unspecified atom stereocenters. The van der Waals surface area contributed by atoms with E-state index in [0.29, 0.717) is 18.1 Å². The molecule has 0 fully saturated rings. The summed E-state index contributed by atoms with van der Waals surface area (Å²) in [6.07, 6.45) is 1.66. The number of aromatic nitrogens is 1. The largest absolute Gasteiger partial charge is 0.342 e. The van der Waals surface area contributed by atoms with Gasteiger partial charge < -0.3 is 4.90 Å². The lowest BCUT2D eigenvalue weighted by Gasteiger charge is -2.20. The summed E-state index contributed by atoms with van der Waals surface area (Å²) in [5, 5.41) is 1.86. The van der Waals surface area contributed by atoms with Gasteiger partial charge in [0.15, 0.2) is 5.38 Å². The van der Waals surface area contributed by atoms with Gasteiger partial charge in [0.05, 0.1) is 0 Å². The highest BCUT2D eigenvalue weighted by Crippen LogP contribution is 2.24. The van der Waals surface area contributed by atoms with Gasteiger partial charge in [-0.3, -0.25) is 4.79 Å². The van der Waals surface area contributed by atoms with Crippen LogP contribution in [0.5, 0.6) is 0 Å². The lowest BCUT2D eigenvalue weighted by atomic mass is 10.3. The van der Waals surface area contributed by atoms with Crippen LogP contribution in [0.3, 0.4) is 0 Å². The van der Waals surface area contributed by atoms with Crippen LogP contribution in [0.15, 0.2) is 11.6 Å². The third-order valence-corrected chi connectivity index (χ3v) is 3.32. The van der Waals surface area contributed by atoms with Crippen LogP contribution in [0.4, 0.5) is 0 Å². The summed E-state index contributed by atoms with van der Waals surface area (Å²) in [6.45, 7) is 5.24. The van der Waals surface area contributed by atoms with Crippen molar-refractivity contribution in [2.45, 2.75) is 19.2 Å². The van der Waals surface area contributed by atoms with Crippen molar-refractivity contribution in [1.29, 1.82) is 0 Å². The molecule has 1 atom stereocenters. The molecule has 0 saturated carbocycles. The molecule has 0 aliphatic rings. The first kappa shape index (κ1) is 11.5. The van der Waals surface area contributed by atoms with Crippen LogP contribution in [0.1, 0.15) is 24.2 Å². The van der Waals surface area contributed by atoms with Crippen LogP contribution in [0.25, 0.3) is 0 Å². The van der Waals surface area contributed by atoms with Gasteiger partial charge in [-0.05, 0) is 13.8 Å². The third-order valence-electron chi connectivity index (χ3n) is 1.96. The van der Waals surface area contributed by atoms with E-state index in [0.717, 1.165) is 0 Å². The van der Waals surface area contributed by atoms with E-state index in [9.17, 15) is 4.79 Å². The first-order valence-corrected chi connectivity index (χ1v) is 5.84. The van der Waals surface area contributed by atoms with Crippen molar-refractivity contribution in [3.05, 3.63) is 16.6 Å². The van der Waals surface area contributed by atoms with Gasteiger partial charge in [0.2, 0.25) is 5.91 Å². The molecule has 0 aliphatic heterocycles. The van der Waals surface area contributed by atoms with Gasteiger partial charge in [0.1, 0.15) is 5.01 Å². The predicted octanol–water partition coefficient (Wildman–Crippen LogP) is 2.29. The number of hydrogen-bond acceptors (Lipinski definition) is 3. The van der Waals surface area contributed by atoms with Gasteiger partial charge >= 0.3 is 0 Å². The Balaban J connectivity index is 2.69. The van der Waals surface area contributed by atoms with E-state index in [4.69, 9.17) is 11.6 Å². The highest BCUT2D eigenvalue weighted by Gasteiger charge is 2.23. The fourth-order valence-electron chi connectivity index (χ4n) is 1.16. The third kappa shape index (κ3) is 2.45. The highest BCUT2D eigenvalue weighted by molar-refractivity contribution is 7.10. The van der Waals surface area contributed by atoms with Crippen LogP contribution in [0, 0.1) is 0 Å². The summed E-state index contributed by atoms with van der Waals surface area (Å²) in [7, 11) is 0. The lowest BCUT2D eigenvalue weighted by Crippen LogP contribution is -2.33. The Kier molecular flexibility index (Phi) is 4.35. The zero-order chi connectivity index (χ0) is 10.6. The van der Waals surface area contributed by atoms with Crippen molar-refractivity contribution in [2.24, 2.45) is 0 Å². The van der Waals surface area contributed by atoms with Crippen molar-refractivity contribution < 1.29 is 4.79 Å². The fraction of sp³-hybridized carbons (Fsp3) is 0.556. The molecule has 0 radical (unpaired) electrons. The van der Waals surface area contributed by atoms with E-state index in [-0.39, 0.29) is 5.91 Å². The minimum absolute atomic E-state index is 0.0633. The lowest BCUT2D eigenvalue weighted by molar-refractivity contribution is -0.130. The Hall–Kier alpha value is -0.610. The topological polar surface area (TPSA) is 33.2 Å². The summed E-state index contributed by atoms with van der Waals surface area (Å²) >= 11 is 7.41. The number of thiazole rings is 1. The Morgan fingerprint density at radius 3 is 2.71 bits per heavy atom. The molecule has 14 heavy (non-hydrogen) atoms. The zero-order valence-electron chi connectivity index (χ0n) is 8.24. The molecule has 0 bridgehead atoms. The first-order valence-electron chi connectivity index (χ1n) is 4.52. The number of rotatable bonds is 4. The molecular weight excluding hydrogens is 220 g/mol. The smallest absolute Gasteiger partial charge is 0.247 e. The number of hydrogen-bond donors (Lipinski definition) is 0. The number of amides is 1. The van der Waals surface area contributed by atoms with Crippen molar-refractivity contribution in [1.82, 2.24) is 9.88 Å². The van der Waals surface area contributed by atoms with E-state index in [1.165, 1.54) is 11.3 Å². The van der Waals surface area contributed by atoms with E-state index in [2.05, 4.69) is 4.98 Å². The quantitative estimate of drug-likeness (QED) is 0.747. The molecule has 1 aromatic rings. The van der Waals surface area contributed by atoms with E-state index >= 15 is 0 Å². The zero-order valence-corrected chi connectivity index (χ0v) is 9.81. The minimum Gasteiger partial charge on any atom is -0.342 e. The molecule has 1 heterocycles. The van der Waals surface area contributed by atoms with E-state index in [1.54, 1.807) is 11.1 Å². The van der Waals surface area contributed by atoms with Gasteiger partial charge in [-0.1, -0.05) is 0 Å². The summed E-state index contributed by atoms with van der Waals surface area (Å²) in [4.78, 5) is 17.5. The molecule has 0 spiro atoms. The van der Waals surface area contributed by atoms with E-state index < -0.39 is 5.38 Å². The summed E-state index contributed by atoms with van der Waals surface area (Å²) in [6, 6.07) is 0. The van der Waals surface area contributed by atoms with Gasteiger partial charge in [-0.2, -0.15) is 0 Å². The molecule has 0 saturated heterocycles. The maximum atomic E-state index is 11.8. The van der Waals surface area contributed by atoms with Crippen molar-refractivity contribution in [3.8, 4) is 0 Å². The van der Waals surface area contributed by atoms with Gasteiger partial charge in [0, 0.05) is 24.7 Å². The SMILES string of the molecule is CCN(CC)C(=O)C(Cl)c1nccs1. The standard InChI is InChI=1S/C9H13ClN2OS/c1-3-12(4-2)9(13)7(10)8-11-5-6-14-8/h5-7H,3-4H2,1-2H3.